The molecule has 0 aromatic heterocycles. The molecule has 0 spiro atoms. The van der Waals surface area contributed by atoms with Gasteiger partial charge in [-0.1, -0.05) is 11.6 Å². The summed E-state index contributed by atoms with van der Waals surface area (Å²) in [5, 5.41) is 5.83. The number of rotatable bonds is 6. The largest absolute Gasteiger partial charge is 0.497 e. The molecule has 29 heavy (non-hydrogen) atoms. The van der Waals surface area contributed by atoms with Crippen LogP contribution in [-0.4, -0.2) is 26.0 Å². The van der Waals surface area contributed by atoms with Crippen LogP contribution in [0.1, 0.15) is 20.7 Å². The highest BCUT2D eigenvalue weighted by Gasteiger charge is 2.11. The molecule has 0 heterocycles. The minimum Gasteiger partial charge on any atom is -0.497 e. The second-order valence-corrected chi connectivity index (χ2v) is 6.47. The van der Waals surface area contributed by atoms with Crippen LogP contribution in [-0.2, 0) is 0 Å². The van der Waals surface area contributed by atoms with Crippen LogP contribution in [0.15, 0.2) is 66.7 Å². The molecule has 148 valence electrons. The summed E-state index contributed by atoms with van der Waals surface area (Å²) in [5.41, 5.74) is 1.91. The number of carbonyl (C=O) groups excluding carboxylic acids is 2. The fourth-order valence-electron chi connectivity index (χ4n) is 2.58. The van der Waals surface area contributed by atoms with Crippen molar-refractivity contribution in [2.24, 2.45) is 0 Å². The standard InChI is InChI=1S/C22H19ClN2O4/c1-28-17-8-3-14(4-9-17)21(26)24-16-7-12-20(19(23)13-16)25-22(27)15-5-10-18(29-2)11-6-15/h3-13H,1-2H3,(H,24,26)(H,25,27). The minimum absolute atomic E-state index is 0.279. The van der Waals surface area contributed by atoms with Gasteiger partial charge in [-0.05, 0) is 66.7 Å². The molecule has 3 aromatic rings. The van der Waals surface area contributed by atoms with Gasteiger partial charge in [0.2, 0.25) is 0 Å². The van der Waals surface area contributed by atoms with Crippen LogP contribution in [0.25, 0.3) is 0 Å². The van der Waals surface area contributed by atoms with E-state index in [4.69, 9.17) is 21.1 Å². The molecule has 6 nitrogen and oxygen atoms in total. The number of amides is 2. The summed E-state index contributed by atoms with van der Waals surface area (Å²) >= 11 is 6.28. The van der Waals surface area contributed by atoms with Crippen molar-refractivity contribution in [3.63, 3.8) is 0 Å². The molecule has 0 bridgehead atoms. The molecule has 0 saturated heterocycles. The second-order valence-electron chi connectivity index (χ2n) is 6.06. The molecule has 0 atom stereocenters. The Morgan fingerprint density at radius 2 is 1.21 bits per heavy atom. The molecule has 7 heteroatoms. The molecule has 0 aliphatic rings. The lowest BCUT2D eigenvalue weighted by Gasteiger charge is -2.11. The van der Waals surface area contributed by atoms with Gasteiger partial charge in [0.15, 0.2) is 0 Å². The zero-order valence-electron chi connectivity index (χ0n) is 15.9. The van der Waals surface area contributed by atoms with Crippen molar-refractivity contribution in [3.8, 4) is 11.5 Å². The number of hydrogen-bond acceptors (Lipinski definition) is 4. The number of nitrogens with one attached hydrogen (secondary N) is 2. The Morgan fingerprint density at radius 3 is 1.66 bits per heavy atom. The number of carbonyl (C=O) groups is 2. The van der Waals surface area contributed by atoms with Gasteiger partial charge in [0, 0.05) is 16.8 Å². The van der Waals surface area contributed by atoms with Gasteiger partial charge in [-0.25, -0.2) is 0 Å². The summed E-state index contributed by atoms with van der Waals surface area (Å²) in [6, 6.07) is 18.3. The first-order valence-corrected chi connectivity index (χ1v) is 9.08. The van der Waals surface area contributed by atoms with Crippen LogP contribution in [0.5, 0.6) is 11.5 Å². The molecule has 0 fully saturated rings. The molecule has 2 N–H and O–H groups in total. The van der Waals surface area contributed by atoms with Gasteiger partial charge in [0.05, 0.1) is 24.9 Å². The Hall–Kier alpha value is -3.51. The molecule has 0 aliphatic carbocycles. The Bertz CT molecular complexity index is 1020. The van der Waals surface area contributed by atoms with Crippen LogP contribution in [0.3, 0.4) is 0 Å². The number of benzene rings is 3. The van der Waals surface area contributed by atoms with Crippen LogP contribution < -0.4 is 20.1 Å². The normalized spacial score (nSPS) is 10.2. The van der Waals surface area contributed by atoms with Crippen LogP contribution in [0.2, 0.25) is 5.02 Å². The van der Waals surface area contributed by atoms with Crippen molar-refractivity contribution in [2.45, 2.75) is 0 Å². The molecular formula is C22H19ClN2O4. The summed E-state index contributed by atoms with van der Waals surface area (Å²) in [6.07, 6.45) is 0. The molecule has 0 aliphatic heterocycles. The first kappa shape index (κ1) is 20.2. The highest BCUT2D eigenvalue weighted by molar-refractivity contribution is 6.34. The van der Waals surface area contributed by atoms with E-state index >= 15 is 0 Å². The maximum absolute atomic E-state index is 12.4. The average molecular weight is 411 g/mol. The highest BCUT2D eigenvalue weighted by Crippen LogP contribution is 2.26. The van der Waals surface area contributed by atoms with Crippen LogP contribution >= 0.6 is 11.6 Å². The number of hydrogen-bond donors (Lipinski definition) is 2. The predicted molar refractivity (Wildman–Crippen MR) is 113 cm³/mol. The summed E-state index contributed by atoms with van der Waals surface area (Å²) < 4.78 is 10.2. The van der Waals surface area contributed by atoms with E-state index < -0.39 is 0 Å². The van der Waals surface area contributed by atoms with Crippen LogP contribution in [0, 0.1) is 0 Å². The van der Waals surface area contributed by atoms with E-state index in [1.54, 1.807) is 80.9 Å². The fraction of sp³-hybridized carbons (Fsp3) is 0.0909. The lowest BCUT2D eigenvalue weighted by molar-refractivity contribution is 0.101. The quantitative estimate of drug-likeness (QED) is 0.608. The molecule has 2 amide bonds. The Balaban J connectivity index is 1.67. The van der Waals surface area contributed by atoms with E-state index in [1.807, 2.05) is 0 Å². The smallest absolute Gasteiger partial charge is 0.255 e. The van der Waals surface area contributed by atoms with E-state index in [-0.39, 0.29) is 11.8 Å². The van der Waals surface area contributed by atoms with Gasteiger partial charge in [0.25, 0.3) is 11.8 Å². The van der Waals surface area contributed by atoms with E-state index in [2.05, 4.69) is 10.6 Å². The fourth-order valence-corrected chi connectivity index (χ4v) is 2.80. The van der Waals surface area contributed by atoms with Crippen molar-refractivity contribution in [3.05, 3.63) is 82.9 Å². The topological polar surface area (TPSA) is 76.7 Å². The van der Waals surface area contributed by atoms with Gasteiger partial charge in [-0.15, -0.1) is 0 Å². The third-order valence-electron chi connectivity index (χ3n) is 4.18. The Morgan fingerprint density at radius 1 is 0.724 bits per heavy atom. The number of anilines is 2. The first-order chi connectivity index (χ1) is 14.0. The van der Waals surface area contributed by atoms with Gasteiger partial charge in [0.1, 0.15) is 11.5 Å². The Kier molecular flexibility index (Phi) is 6.36. The molecule has 3 rings (SSSR count). The second kappa shape index (κ2) is 9.12. The summed E-state index contributed by atoms with van der Waals surface area (Å²) in [7, 11) is 3.12. The number of halogens is 1. The van der Waals surface area contributed by atoms with E-state index in [1.165, 1.54) is 0 Å². The van der Waals surface area contributed by atoms with Gasteiger partial charge < -0.3 is 20.1 Å². The van der Waals surface area contributed by atoms with E-state index in [0.29, 0.717) is 39.0 Å². The van der Waals surface area contributed by atoms with Gasteiger partial charge in [-0.3, -0.25) is 9.59 Å². The highest BCUT2D eigenvalue weighted by atomic mass is 35.5. The number of methoxy groups -OCH3 is 2. The third-order valence-corrected chi connectivity index (χ3v) is 4.49. The first-order valence-electron chi connectivity index (χ1n) is 8.70. The average Bonchev–Trinajstić information content (AvgIpc) is 2.75. The van der Waals surface area contributed by atoms with Crippen molar-refractivity contribution >= 4 is 34.8 Å². The maximum atomic E-state index is 12.4. The van der Waals surface area contributed by atoms with Gasteiger partial charge in [-0.2, -0.15) is 0 Å². The molecule has 0 unspecified atom stereocenters. The third kappa shape index (κ3) is 5.06. The predicted octanol–water partition coefficient (Wildman–Crippen LogP) is 4.86. The van der Waals surface area contributed by atoms with E-state index in [0.717, 1.165) is 0 Å². The molecule has 3 aromatic carbocycles. The molecular weight excluding hydrogens is 392 g/mol. The zero-order valence-corrected chi connectivity index (χ0v) is 16.6. The number of ether oxygens (including phenoxy) is 2. The summed E-state index contributed by atoms with van der Waals surface area (Å²) in [4.78, 5) is 24.7. The monoisotopic (exact) mass is 410 g/mol. The van der Waals surface area contributed by atoms with Crippen LogP contribution in [0.4, 0.5) is 11.4 Å². The van der Waals surface area contributed by atoms with Crippen molar-refractivity contribution < 1.29 is 19.1 Å². The van der Waals surface area contributed by atoms with Gasteiger partial charge >= 0.3 is 0 Å². The van der Waals surface area contributed by atoms with E-state index in [9.17, 15) is 9.59 Å². The van der Waals surface area contributed by atoms with Crippen molar-refractivity contribution in [1.82, 2.24) is 0 Å². The van der Waals surface area contributed by atoms with Crippen molar-refractivity contribution in [2.75, 3.05) is 24.9 Å². The Labute approximate surface area is 173 Å². The zero-order chi connectivity index (χ0) is 20.8. The summed E-state index contributed by atoms with van der Waals surface area (Å²) in [5.74, 6) is 0.751. The van der Waals surface area contributed by atoms with Crippen molar-refractivity contribution in [1.29, 1.82) is 0 Å². The SMILES string of the molecule is COc1ccc(C(=O)Nc2ccc(NC(=O)c3ccc(OC)cc3)c(Cl)c2)cc1. The lowest BCUT2D eigenvalue weighted by atomic mass is 10.2. The lowest BCUT2D eigenvalue weighted by Crippen LogP contribution is -2.13. The minimum atomic E-state index is -0.301. The molecule has 0 radical (unpaired) electrons. The summed E-state index contributed by atoms with van der Waals surface area (Å²) in [6.45, 7) is 0. The maximum Gasteiger partial charge on any atom is 0.255 e. The molecule has 0 saturated carbocycles.